The average molecular weight is 342 g/mol. The summed E-state index contributed by atoms with van der Waals surface area (Å²) in [6.07, 6.45) is 0. The van der Waals surface area contributed by atoms with E-state index < -0.39 is 24.0 Å². The molecule has 0 spiro atoms. The highest BCUT2D eigenvalue weighted by molar-refractivity contribution is 5.80. The predicted molar refractivity (Wildman–Crippen MR) is 90.4 cm³/mol. The highest BCUT2D eigenvalue weighted by Crippen LogP contribution is 2.24. The van der Waals surface area contributed by atoms with Gasteiger partial charge in [-0.15, -0.1) is 0 Å². The minimum atomic E-state index is -1.02. The molecule has 8 heteroatoms. The van der Waals surface area contributed by atoms with Crippen molar-refractivity contribution in [2.45, 2.75) is 52.7 Å². The number of carbonyl (C=O) groups is 3. The van der Waals surface area contributed by atoms with Crippen LogP contribution >= 0.6 is 0 Å². The van der Waals surface area contributed by atoms with Gasteiger partial charge < -0.3 is 26.0 Å². The van der Waals surface area contributed by atoms with Crippen LogP contribution in [0, 0.1) is 11.8 Å². The molecular weight excluding hydrogens is 312 g/mol. The van der Waals surface area contributed by atoms with Crippen LogP contribution in [0.25, 0.3) is 0 Å². The molecule has 1 aliphatic heterocycles. The van der Waals surface area contributed by atoms with Crippen LogP contribution in [-0.2, 0) is 9.59 Å². The third kappa shape index (κ3) is 4.37. The number of carboxylic acid groups (broad SMARTS) is 1. The van der Waals surface area contributed by atoms with Crippen LogP contribution in [0.1, 0.15) is 34.6 Å². The second-order valence-corrected chi connectivity index (χ2v) is 6.80. The molecule has 1 saturated heterocycles. The van der Waals surface area contributed by atoms with Gasteiger partial charge in [0.2, 0.25) is 5.91 Å². The number of aliphatic carboxylic acids is 1. The second kappa shape index (κ2) is 8.32. The van der Waals surface area contributed by atoms with Crippen molar-refractivity contribution in [1.29, 1.82) is 0 Å². The Morgan fingerprint density at radius 1 is 1.29 bits per heavy atom. The maximum atomic E-state index is 12.8. The molecule has 0 radical (unpaired) electrons. The van der Waals surface area contributed by atoms with Gasteiger partial charge in [0.15, 0.2) is 0 Å². The predicted octanol–water partition coefficient (Wildman–Crippen LogP) is 0.321. The molecule has 0 unspecified atom stereocenters. The van der Waals surface area contributed by atoms with Crippen LogP contribution in [0.5, 0.6) is 0 Å². The lowest BCUT2D eigenvalue weighted by molar-refractivity contribution is -0.141. The topological polar surface area (TPSA) is 116 Å². The molecule has 3 atom stereocenters. The molecule has 3 amide bonds. The van der Waals surface area contributed by atoms with E-state index in [0.29, 0.717) is 6.54 Å². The number of carboxylic acids is 1. The summed E-state index contributed by atoms with van der Waals surface area (Å²) in [6, 6.07) is -1.50. The van der Waals surface area contributed by atoms with Gasteiger partial charge in [0.1, 0.15) is 0 Å². The van der Waals surface area contributed by atoms with E-state index >= 15 is 0 Å². The summed E-state index contributed by atoms with van der Waals surface area (Å²) >= 11 is 0. The van der Waals surface area contributed by atoms with E-state index in [2.05, 4.69) is 5.32 Å². The molecule has 138 valence electrons. The summed E-state index contributed by atoms with van der Waals surface area (Å²) in [6.45, 7) is 9.95. The van der Waals surface area contributed by atoms with Crippen LogP contribution in [-0.4, -0.2) is 70.6 Å². The lowest BCUT2D eigenvalue weighted by Gasteiger charge is -2.34. The molecule has 4 N–H and O–H groups in total. The van der Waals surface area contributed by atoms with Crippen LogP contribution < -0.4 is 11.1 Å². The number of amides is 3. The zero-order valence-electron chi connectivity index (χ0n) is 15.2. The molecule has 1 fully saturated rings. The van der Waals surface area contributed by atoms with E-state index in [-0.39, 0.29) is 37.0 Å². The Morgan fingerprint density at radius 2 is 1.88 bits per heavy atom. The fourth-order valence-electron chi connectivity index (χ4n) is 2.95. The van der Waals surface area contributed by atoms with Crippen molar-refractivity contribution in [3.8, 4) is 0 Å². The number of rotatable bonds is 6. The van der Waals surface area contributed by atoms with Gasteiger partial charge in [0.05, 0.1) is 12.0 Å². The van der Waals surface area contributed by atoms with Crippen molar-refractivity contribution in [2.24, 2.45) is 17.6 Å². The monoisotopic (exact) mass is 342 g/mol. The van der Waals surface area contributed by atoms with Gasteiger partial charge in [-0.25, -0.2) is 4.79 Å². The molecule has 1 rings (SSSR count). The van der Waals surface area contributed by atoms with E-state index in [1.54, 1.807) is 18.7 Å². The van der Waals surface area contributed by atoms with Gasteiger partial charge in [-0.05, 0) is 20.8 Å². The van der Waals surface area contributed by atoms with Gasteiger partial charge in [-0.3, -0.25) is 9.59 Å². The molecule has 0 saturated carbocycles. The Labute approximate surface area is 143 Å². The van der Waals surface area contributed by atoms with Gasteiger partial charge in [-0.1, -0.05) is 13.8 Å². The van der Waals surface area contributed by atoms with E-state index in [4.69, 9.17) is 5.73 Å². The maximum absolute atomic E-state index is 12.8. The normalized spacial score (nSPS) is 23.7. The number of hydrogen-bond acceptors (Lipinski definition) is 4. The maximum Gasteiger partial charge on any atom is 0.320 e. The molecule has 1 aliphatic rings. The first-order valence-corrected chi connectivity index (χ1v) is 8.45. The number of nitrogens with one attached hydrogen (secondary N) is 1. The van der Waals surface area contributed by atoms with Crippen LogP contribution in [0.2, 0.25) is 0 Å². The van der Waals surface area contributed by atoms with Crippen molar-refractivity contribution in [2.75, 3.05) is 19.6 Å². The first-order chi connectivity index (χ1) is 11.1. The van der Waals surface area contributed by atoms with Crippen molar-refractivity contribution in [3.63, 3.8) is 0 Å². The zero-order chi connectivity index (χ0) is 18.6. The number of nitrogens with zero attached hydrogens (tertiary/aromatic N) is 2. The fourth-order valence-corrected chi connectivity index (χ4v) is 2.95. The summed E-state index contributed by atoms with van der Waals surface area (Å²) in [4.78, 5) is 39.2. The summed E-state index contributed by atoms with van der Waals surface area (Å²) in [5.41, 5.74) is 6.09. The van der Waals surface area contributed by atoms with Crippen molar-refractivity contribution in [3.05, 3.63) is 0 Å². The molecule has 0 aromatic heterocycles. The van der Waals surface area contributed by atoms with E-state index in [9.17, 15) is 19.5 Å². The minimum absolute atomic E-state index is 0.00601. The minimum Gasteiger partial charge on any atom is -0.481 e. The highest BCUT2D eigenvalue weighted by Gasteiger charge is 2.46. The van der Waals surface area contributed by atoms with E-state index in [1.807, 2.05) is 20.8 Å². The quantitative estimate of drug-likeness (QED) is 0.643. The molecule has 0 bridgehead atoms. The lowest BCUT2D eigenvalue weighted by atomic mass is 10.00. The zero-order valence-corrected chi connectivity index (χ0v) is 15.2. The molecule has 0 aliphatic carbocycles. The summed E-state index contributed by atoms with van der Waals surface area (Å²) in [5, 5.41) is 12.1. The van der Waals surface area contributed by atoms with Crippen LogP contribution in [0.15, 0.2) is 0 Å². The smallest absolute Gasteiger partial charge is 0.320 e. The third-order valence-electron chi connectivity index (χ3n) is 4.49. The highest BCUT2D eigenvalue weighted by atomic mass is 16.4. The summed E-state index contributed by atoms with van der Waals surface area (Å²) < 4.78 is 0. The van der Waals surface area contributed by atoms with Crippen molar-refractivity contribution >= 4 is 17.9 Å². The molecular formula is C16H30N4O4. The first-order valence-electron chi connectivity index (χ1n) is 8.45. The Balaban J connectivity index is 2.97. The molecule has 8 nitrogen and oxygen atoms in total. The van der Waals surface area contributed by atoms with Crippen molar-refractivity contribution < 1.29 is 19.5 Å². The molecule has 1 heterocycles. The van der Waals surface area contributed by atoms with Crippen molar-refractivity contribution in [1.82, 2.24) is 15.1 Å². The van der Waals surface area contributed by atoms with Gasteiger partial charge >= 0.3 is 12.0 Å². The van der Waals surface area contributed by atoms with Crippen LogP contribution in [0.4, 0.5) is 4.79 Å². The fraction of sp³-hybridized carbons (Fsp3) is 0.812. The molecule has 24 heavy (non-hydrogen) atoms. The number of hydrogen-bond donors (Lipinski definition) is 3. The summed E-state index contributed by atoms with van der Waals surface area (Å²) in [5.74, 6) is -2.19. The first kappa shape index (κ1) is 20.2. The Morgan fingerprint density at radius 3 is 2.29 bits per heavy atom. The molecule has 0 aromatic rings. The SMILES string of the molecule is CCN(C(=O)N1C[C@H](C(=O)O)[C@H](N)[C@H]1CNC(=O)C(C)C)C(C)C. The van der Waals surface area contributed by atoms with Crippen LogP contribution in [0.3, 0.4) is 0 Å². The molecule has 0 aromatic carbocycles. The number of carbonyl (C=O) groups excluding carboxylic acids is 2. The number of nitrogens with two attached hydrogens (primary N) is 1. The Kier molecular flexibility index (Phi) is 7.01. The average Bonchev–Trinajstić information content (AvgIpc) is 2.81. The number of likely N-dealkylation sites (tertiary alicyclic amines) is 1. The standard InChI is InChI=1S/C16H30N4O4/c1-6-19(10(4)5)16(24)20-8-11(15(22)23)13(17)12(20)7-18-14(21)9(2)3/h9-13H,6-8,17H2,1-5H3,(H,18,21)(H,22,23)/t11-,12+,13-/m0/s1. The van der Waals surface area contributed by atoms with Gasteiger partial charge in [-0.2, -0.15) is 0 Å². The lowest BCUT2D eigenvalue weighted by Crippen LogP contribution is -2.54. The number of urea groups is 1. The summed E-state index contributed by atoms with van der Waals surface area (Å²) in [7, 11) is 0. The van der Waals surface area contributed by atoms with Gasteiger partial charge in [0, 0.05) is 37.6 Å². The van der Waals surface area contributed by atoms with E-state index in [1.165, 1.54) is 4.90 Å². The van der Waals surface area contributed by atoms with E-state index in [0.717, 1.165) is 0 Å². The Hall–Kier alpha value is -1.83. The third-order valence-corrected chi connectivity index (χ3v) is 4.49. The second-order valence-electron chi connectivity index (χ2n) is 6.80. The largest absolute Gasteiger partial charge is 0.481 e. The Bertz CT molecular complexity index is 481. The van der Waals surface area contributed by atoms with Gasteiger partial charge in [0.25, 0.3) is 0 Å².